The molecule has 2 aromatic heterocycles. The van der Waals surface area contributed by atoms with Crippen molar-refractivity contribution in [1.29, 1.82) is 0 Å². The van der Waals surface area contributed by atoms with E-state index < -0.39 is 0 Å². The van der Waals surface area contributed by atoms with Crippen LogP contribution in [0.2, 0.25) is 0 Å². The molecule has 0 atom stereocenters. The maximum Gasteiger partial charge on any atom is 0.273 e. The Morgan fingerprint density at radius 1 is 1.35 bits per heavy atom. The summed E-state index contributed by atoms with van der Waals surface area (Å²) in [6, 6.07) is 1.73. The van der Waals surface area contributed by atoms with E-state index in [0.717, 1.165) is 6.42 Å². The summed E-state index contributed by atoms with van der Waals surface area (Å²) in [6.07, 6.45) is 4.12. The molecule has 20 heavy (non-hydrogen) atoms. The van der Waals surface area contributed by atoms with Crippen molar-refractivity contribution in [1.82, 2.24) is 19.9 Å². The van der Waals surface area contributed by atoms with Gasteiger partial charge in [0.05, 0.1) is 6.61 Å². The molecular weight excluding hydrogens is 276 g/mol. The third-order valence-corrected chi connectivity index (χ3v) is 3.47. The number of carbonyl (C=O) groups is 1. The first-order valence-corrected chi connectivity index (χ1v) is 7.27. The van der Waals surface area contributed by atoms with Crippen molar-refractivity contribution in [2.75, 3.05) is 19.7 Å². The van der Waals surface area contributed by atoms with Crippen LogP contribution in [0, 0.1) is 0 Å². The summed E-state index contributed by atoms with van der Waals surface area (Å²) in [6.45, 7) is 2.86. The molecule has 1 N–H and O–H groups in total. The van der Waals surface area contributed by atoms with Gasteiger partial charge in [-0.15, -0.1) is 11.3 Å². The zero-order chi connectivity index (χ0) is 14.4. The van der Waals surface area contributed by atoms with E-state index in [9.17, 15) is 4.79 Å². The van der Waals surface area contributed by atoms with E-state index in [1.165, 1.54) is 11.3 Å². The Morgan fingerprint density at radius 3 is 2.75 bits per heavy atom. The van der Waals surface area contributed by atoms with Crippen LogP contribution in [0.3, 0.4) is 0 Å². The number of aliphatic hydroxyl groups is 1. The molecule has 0 aliphatic rings. The van der Waals surface area contributed by atoms with Gasteiger partial charge >= 0.3 is 0 Å². The first-order valence-electron chi connectivity index (χ1n) is 6.39. The minimum Gasteiger partial charge on any atom is -0.395 e. The van der Waals surface area contributed by atoms with E-state index in [1.807, 2.05) is 6.92 Å². The van der Waals surface area contributed by atoms with Crippen LogP contribution in [0.15, 0.2) is 23.8 Å². The smallest absolute Gasteiger partial charge is 0.273 e. The highest BCUT2D eigenvalue weighted by Crippen LogP contribution is 2.20. The Bertz CT molecular complexity index is 553. The third-order valence-electron chi connectivity index (χ3n) is 2.63. The van der Waals surface area contributed by atoms with Crippen molar-refractivity contribution in [2.24, 2.45) is 0 Å². The number of aromatic nitrogens is 3. The molecule has 0 saturated carbocycles. The van der Waals surface area contributed by atoms with Gasteiger partial charge < -0.3 is 10.0 Å². The lowest BCUT2D eigenvalue weighted by Gasteiger charge is -2.19. The molecule has 0 bridgehead atoms. The number of aliphatic hydroxyl groups excluding tert-OH is 1. The van der Waals surface area contributed by atoms with Gasteiger partial charge in [-0.05, 0) is 12.5 Å². The standard InChI is InChI=1S/C13H16N4O2S/c1-2-6-17(7-8-18)13(19)10-9-20-12(16-10)11-14-4-3-5-15-11/h3-5,9,18H,2,6-8H2,1H3. The fraction of sp³-hybridized carbons (Fsp3) is 0.385. The van der Waals surface area contributed by atoms with Crippen molar-refractivity contribution >= 4 is 17.2 Å². The molecule has 106 valence electrons. The number of thiazole rings is 1. The third kappa shape index (κ3) is 3.37. The zero-order valence-electron chi connectivity index (χ0n) is 11.2. The first kappa shape index (κ1) is 14.5. The summed E-state index contributed by atoms with van der Waals surface area (Å²) in [5.74, 6) is 0.347. The average Bonchev–Trinajstić information content (AvgIpc) is 2.97. The molecule has 0 aromatic carbocycles. The minimum absolute atomic E-state index is 0.0511. The molecule has 2 rings (SSSR count). The van der Waals surface area contributed by atoms with E-state index in [1.54, 1.807) is 28.7 Å². The fourth-order valence-corrected chi connectivity index (χ4v) is 2.49. The van der Waals surface area contributed by atoms with Crippen LogP contribution >= 0.6 is 11.3 Å². The number of carbonyl (C=O) groups excluding carboxylic acids is 1. The summed E-state index contributed by atoms with van der Waals surface area (Å²) in [5.41, 5.74) is 0.374. The Labute approximate surface area is 121 Å². The van der Waals surface area contributed by atoms with Gasteiger partial charge in [0.15, 0.2) is 10.8 Å². The van der Waals surface area contributed by atoms with Gasteiger partial charge in [-0.25, -0.2) is 15.0 Å². The van der Waals surface area contributed by atoms with Gasteiger partial charge in [0.2, 0.25) is 0 Å². The van der Waals surface area contributed by atoms with Crippen molar-refractivity contribution in [2.45, 2.75) is 13.3 Å². The Hall–Kier alpha value is -1.86. The molecule has 0 spiro atoms. The van der Waals surface area contributed by atoms with Crippen LogP contribution in [0.4, 0.5) is 0 Å². The second-order valence-electron chi connectivity index (χ2n) is 4.13. The van der Waals surface area contributed by atoms with Crippen LogP contribution in [0.5, 0.6) is 0 Å². The zero-order valence-corrected chi connectivity index (χ0v) is 12.0. The van der Waals surface area contributed by atoms with E-state index >= 15 is 0 Å². The maximum atomic E-state index is 12.3. The minimum atomic E-state index is -0.167. The van der Waals surface area contributed by atoms with Crippen LogP contribution in [0.25, 0.3) is 10.8 Å². The quantitative estimate of drug-likeness (QED) is 0.871. The summed E-state index contributed by atoms with van der Waals surface area (Å²) < 4.78 is 0. The Morgan fingerprint density at radius 2 is 2.10 bits per heavy atom. The molecular formula is C13H16N4O2S. The number of rotatable bonds is 6. The largest absolute Gasteiger partial charge is 0.395 e. The van der Waals surface area contributed by atoms with Crippen LogP contribution in [-0.2, 0) is 0 Å². The highest BCUT2D eigenvalue weighted by atomic mass is 32.1. The lowest BCUT2D eigenvalue weighted by Crippen LogP contribution is -2.34. The first-order chi connectivity index (χ1) is 9.76. The van der Waals surface area contributed by atoms with Crippen molar-refractivity contribution in [3.63, 3.8) is 0 Å². The summed E-state index contributed by atoms with van der Waals surface area (Å²) in [5, 5.41) is 11.3. The topological polar surface area (TPSA) is 79.2 Å². The molecule has 2 heterocycles. The monoisotopic (exact) mass is 292 g/mol. The molecule has 0 saturated heterocycles. The van der Waals surface area contributed by atoms with Crippen molar-refractivity contribution in [3.8, 4) is 10.8 Å². The molecule has 0 unspecified atom stereocenters. The molecule has 1 amide bonds. The highest BCUT2D eigenvalue weighted by Gasteiger charge is 2.18. The Balaban J connectivity index is 2.17. The molecule has 0 aliphatic carbocycles. The molecule has 0 fully saturated rings. The van der Waals surface area contributed by atoms with Gasteiger partial charge in [0.25, 0.3) is 5.91 Å². The predicted molar refractivity (Wildman–Crippen MR) is 76.4 cm³/mol. The van der Waals surface area contributed by atoms with Gasteiger partial charge in [-0.1, -0.05) is 6.92 Å². The van der Waals surface area contributed by atoms with E-state index in [-0.39, 0.29) is 12.5 Å². The number of hydrogen-bond acceptors (Lipinski definition) is 6. The fourth-order valence-electron chi connectivity index (χ4n) is 1.75. The molecule has 0 radical (unpaired) electrons. The van der Waals surface area contributed by atoms with Crippen LogP contribution in [0.1, 0.15) is 23.8 Å². The van der Waals surface area contributed by atoms with Gasteiger partial charge in [0.1, 0.15) is 5.69 Å². The van der Waals surface area contributed by atoms with Gasteiger partial charge in [0, 0.05) is 30.9 Å². The summed E-state index contributed by atoms with van der Waals surface area (Å²) in [7, 11) is 0. The average molecular weight is 292 g/mol. The number of hydrogen-bond donors (Lipinski definition) is 1. The second-order valence-corrected chi connectivity index (χ2v) is 4.98. The summed E-state index contributed by atoms with van der Waals surface area (Å²) in [4.78, 5) is 26.4. The lowest BCUT2D eigenvalue weighted by molar-refractivity contribution is 0.0717. The molecule has 2 aromatic rings. The van der Waals surface area contributed by atoms with E-state index in [2.05, 4.69) is 15.0 Å². The lowest BCUT2D eigenvalue weighted by atomic mass is 10.3. The van der Waals surface area contributed by atoms with Crippen molar-refractivity contribution < 1.29 is 9.90 Å². The number of nitrogens with zero attached hydrogens (tertiary/aromatic N) is 4. The van der Waals surface area contributed by atoms with Crippen LogP contribution in [-0.4, -0.2) is 50.6 Å². The maximum absolute atomic E-state index is 12.3. The van der Waals surface area contributed by atoms with Gasteiger partial charge in [-0.2, -0.15) is 0 Å². The predicted octanol–water partition coefficient (Wildman–Crippen LogP) is 1.44. The SMILES string of the molecule is CCCN(CCO)C(=O)c1csc(-c2ncccn2)n1. The molecule has 0 aliphatic heterocycles. The number of amides is 1. The van der Waals surface area contributed by atoms with Crippen molar-refractivity contribution in [3.05, 3.63) is 29.5 Å². The van der Waals surface area contributed by atoms with E-state index in [0.29, 0.717) is 29.6 Å². The summed E-state index contributed by atoms with van der Waals surface area (Å²) >= 11 is 1.34. The van der Waals surface area contributed by atoms with E-state index in [4.69, 9.17) is 5.11 Å². The normalized spacial score (nSPS) is 10.5. The highest BCUT2D eigenvalue weighted by molar-refractivity contribution is 7.13. The Kier molecular flexibility index (Phi) is 5.14. The molecule has 7 heteroatoms. The second kappa shape index (κ2) is 7.06. The van der Waals surface area contributed by atoms with Gasteiger partial charge in [-0.3, -0.25) is 4.79 Å². The molecule has 6 nitrogen and oxygen atoms in total. The van der Waals surface area contributed by atoms with Crippen LogP contribution < -0.4 is 0 Å².